The Bertz CT molecular complexity index is 790. The lowest BCUT2D eigenvalue weighted by atomic mass is 10.1. The first-order valence-corrected chi connectivity index (χ1v) is 8.22. The van der Waals surface area contributed by atoms with E-state index >= 15 is 0 Å². The number of aromatic nitrogens is 3. The zero-order chi connectivity index (χ0) is 17.6. The second kappa shape index (κ2) is 7.72. The van der Waals surface area contributed by atoms with E-state index in [4.69, 9.17) is 5.26 Å². The van der Waals surface area contributed by atoms with Crippen LogP contribution in [0.2, 0.25) is 0 Å². The number of nitro groups is 1. The third kappa shape index (κ3) is 4.10. The molecule has 2 aromatic heterocycles. The molecule has 0 unspecified atom stereocenters. The molecule has 0 radical (unpaired) electrons. The van der Waals surface area contributed by atoms with E-state index in [1.54, 1.807) is 17.1 Å². The van der Waals surface area contributed by atoms with Crippen molar-refractivity contribution in [1.29, 1.82) is 5.26 Å². The van der Waals surface area contributed by atoms with E-state index < -0.39 is 4.92 Å². The van der Waals surface area contributed by atoms with Crippen LogP contribution in [0, 0.1) is 21.4 Å². The summed E-state index contributed by atoms with van der Waals surface area (Å²) in [6, 6.07) is 3.14. The van der Waals surface area contributed by atoms with Gasteiger partial charge < -0.3 is 10.2 Å². The van der Waals surface area contributed by atoms with Gasteiger partial charge in [-0.05, 0) is 32.0 Å². The van der Waals surface area contributed by atoms with Gasteiger partial charge in [-0.3, -0.25) is 14.8 Å². The molecule has 25 heavy (non-hydrogen) atoms. The lowest BCUT2D eigenvalue weighted by Crippen LogP contribution is -2.32. The van der Waals surface area contributed by atoms with Crippen LogP contribution in [-0.4, -0.2) is 44.2 Å². The van der Waals surface area contributed by atoms with Gasteiger partial charge in [-0.15, -0.1) is 0 Å². The molecule has 0 saturated carbocycles. The molecule has 0 atom stereocenters. The van der Waals surface area contributed by atoms with E-state index in [1.807, 2.05) is 6.07 Å². The molecule has 3 heterocycles. The van der Waals surface area contributed by atoms with Crippen LogP contribution in [0.25, 0.3) is 0 Å². The minimum Gasteiger partial charge on any atom is -0.332 e. The van der Waals surface area contributed by atoms with Gasteiger partial charge in [0.2, 0.25) is 5.82 Å². The molecule has 3 rings (SSSR count). The fraction of sp³-hybridized carbons (Fsp3) is 0.438. The summed E-state index contributed by atoms with van der Waals surface area (Å²) in [6.07, 6.45) is 8.55. The van der Waals surface area contributed by atoms with Crippen LogP contribution >= 0.6 is 0 Å². The Morgan fingerprint density at radius 1 is 1.32 bits per heavy atom. The normalized spacial score (nSPS) is 14.8. The molecule has 0 spiro atoms. The van der Waals surface area contributed by atoms with Gasteiger partial charge in [0.15, 0.2) is 0 Å². The maximum Gasteiger partial charge on any atom is 0.329 e. The van der Waals surface area contributed by atoms with Crippen LogP contribution in [0.3, 0.4) is 0 Å². The van der Waals surface area contributed by atoms with E-state index in [2.05, 4.69) is 20.3 Å². The quantitative estimate of drug-likeness (QED) is 0.633. The fourth-order valence-corrected chi connectivity index (χ4v) is 2.93. The number of nitrogens with one attached hydrogen (secondary N) is 1. The van der Waals surface area contributed by atoms with E-state index in [0.717, 1.165) is 26.2 Å². The molecule has 130 valence electrons. The number of rotatable bonds is 6. The molecule has 0 bridgehead atoms. The molecule has 9 nitrogen and oxygen atoms in total. The highest BCUT2D eigenvalue weighted by Crippen LogP contribution is 2.28. The molecule has 0 aliphatic carbocycles. The Labute approximate surface area is 145 Å². The Morgan fingerprint density at radius 3 is 2.84 bits per heavy atom. The predicted molar refractivity (Wildman–Crippen MR) is 91.4 cm³/mol. The minimum absolute atomic E-state index is 0.0278. The average molecular weight is 341 g/mol. The predicted octanol–water partition coefficient (Wildman–Crippen LogP) is 2.29. The molecular weight excluding hydrogens is 322 g/mol. The van der Waals surface area contributed by atoms with Crippen LogP contribution in [0.4, 0.5) is 17.2 Å². The third-order valence-electron chi connectivity index (χ3n) is 4.22. The van der Waals surface area contributed by atoms with Crippen molar-refractivity contribution < 1.29 is 4.92 Å². The van der Waals surface area contributed by atoms with Crippen molar-refractivity contribution in [2.75, 3.05) is 25.0 Å². The SMILES string of the molecule is N#Cc1ccnc(Nc2cnn(CCN3CCCCC3)c2)c1[N+](=O)[O-]. The summed E-state index contributed by atoms with van der Waals surface area (Å²) in [4.78, 5) is 17.0. The van der Waals surface area contributed by atoms with Crippen LogP contribution < -0.4 is 5.32 Å². The van der Waals surface area contributed by atoms with Crippen molar-refractivity contribution in [2.24, 2.45) is 0 Å². The molecular formula is C16H19N7O2. The van der Waals surface area contributed by atoms with E-state index in [-0.39, 0.29) is 17.1 Å². The lowest BCUT2D eigenvalue weighted by molar-refractivity contribution is -0.384. The molecule has 1 aliphatic heterocycles. The Kier molecular flexibility index (Phi) is 5.20. The molecule has 1 fully saturated rings. The summed E-state index contributed by atoms with van der Waals surface area (Å²) < 4.78 is 1.80. The maximum absolute atomic E-state index is 11.2. The van der Waals surface area contributed by atoms with Crippen molar-refractivity contribution in [1.82, 2.24) is 19.7 Å². The summed E-state index contributed by atoms with van der Waals surface area (Å²) in [6.45, 7) is 3.95. The summed E-state index contributed by atoms with van der Waals surface area (Å²) in [5.74, 6) is 0.0413. The average Bonchev–Trinajstić information content (AvgIpc) is 3.07. The summed E-state index contributed by atoms with van der Waals surface area (Å²) in [7, 11) is 0. The van der Waals surface area contributed by atoms with Gasteiger partial charge in [-0.25, -0.2) is 4.98 Å². The monoisotopic (exact) mass is 341 g/mol. The number of anilines is 2. The number of hydrogen-bond acceptors (Lipinski definition) is 7. The van der Waals surface area contributed by atoms with Crippen LogP contribution in [0.15, 0.2) is 24.7 Å². The Balaban J connectivity index is 1.67. The number of hydrogen-bond donors (Lipinski definition) is 1. The minimum atomic E-state index is -0.603. The van der Waals surface area contributed by atoms with E-state index in [1.165, 1.54) is 31.5 Å². The van der Waals surface area contributed by atoms with E-state index in [9.17, 15) is 10.1 Å². The van der Waals surface area contributed by atoms with Crippen LogP contribution in [-0.2, 0) is 6.54 Å². The van der Waals surface area contributed by atoms with Crippen molar-refractivity contribution in [3.05, 3.63) is 40.3 Å². The first-order chi connectivity index (χ1) is 12.2. The smallest absolute Gasteiger partial charge is 0.329 e. The van der Waals surface area contributed by atoms with Gasteiger partial charge in [0.25, 0.3) is 0 Å². The number of pyridine rings is 1. The molecule has 1 saturated heterocycles. The van der Waals surface area contributed by atoms with Gasteiger partial charge in [-0.2, -0.15) is 10.4 Å². The number of nitrogens with zero attached hydrogens (tertiary/aromatic N) is 6. The largest absolute Gasteiger partial charge is 0.332 e. The van der Waals surface area contributed by atoms with Gasteiger partial charge in [0.1, 0.15) is 11.6 Å². The number of likely N-dealkylation sites (tertiary alicyclic amines) is 1. The highest BCUT2D eigenvalue weighted by molar-refractivity contribution is 5.69. The standard InChI is InChI=1S/C16H19N7O2/c17-10-13-4-5-18-16(15(13)23(24)25)20-14-11-19-22(12-14)9-8-21-6-2-1-3-7-21/h4-5,11-12H,1-3,6-9H2,(H,18,20). The first-order valence-electron chi connectivity index (χ1n) is 8.22. The van der Waals surface area contributed by atoms with Crippen molar-refractivity contribution in [2.45, 2.75) is 25.8 Å². The second-order valence-electron chi connectivity index (χ2n) is 5.94. The highest BCUT2D eigenvalue weighted by Gasteiger charge is 2.21. The van der Waals surface area contributed by atoms with Gasteiger partial charge >= 0.3 is 5.69 Å². The third-order valence-corrected chi connectivity index (χ3v) is 4.22. The molecule has 2 aromatic rings. The zero-order valence-electron chi connectivity index (χ0n) is 13.8. The summed E-state index contributed by atoms with van der Waals surface area (Å²) in [5.41, 5.74) is 0.246. The van der Waals surface area contributed by atoms with Gasteiger partial charge in [-0.1, -0.05) is 6.42 Å². The Hall–Kier alpha value is -2.99. The number of nitriles is 1. The van der Waals surface area contributed by atoms with Crippen molar-refractivity contribution >= 4 is 17.2 Å². The zero-order valence-corrected chi connectivity index (χ0v) is 13.8. The highest BCUT2D eigenvalue weighted by atomic mass is 16.6. The molecule has 1 N–H and O–H groups in total. The van der Waals surface area contributed by atoms with Gasteiger partial charge in [0, 0.05) is 18.9 Å². The molecule has 0 amide bonds. The molecule has 9 heteroatoms. The molecule has 1 aliphatic rings. The fourth-order valence-electron chi connectivity index (χ4n) is 2.93. The molecule has 0 aromatic carbocycles. The summed E-state index contributed by atoms with van der Waals surface area (Å²) >= 11 is 0. The lowest BCUT2D eigenvalue weighted by Gasteiger charge is -2.26. The first kappa shape index (κ1) is 16.9. The second-order valence-corrected chi connectivity index (χ2v) is 5.94. The van der Waals surface area contributed by atoms with Crippen molar-refractivity contribution in [3.8, 4) is 6.07 Å². The Morgan fingerprint density at radius 2 is 2.12 bits per heavy atom. The summed E-state index contributed by atoms with van der Waals surface area (Å²) in [5, 5.41) is 27.4. The number of piperidine rings is 1. The van der Waals surface area contributed by atoms with Crippen LogP contribution in [0.1, 0.15) is 24.8 Å². The topological polar surface area (TPSA) is 113 Å². The van der Waals surface area contributed by atoms with Crippen molar-refractivity contribution in [3.63, 3.8) is 0 Å². The maximum atomic E-state index is 11.2. The van der Waals surface area contributed by atoms with Crippen LogP contribution in [0.5, 0.6) is 0 Å². The van der Waals surface area contributed by atoms with Gasteiger partial charge in [0.05, 0.1) is 23.4 Å². The van der Waals surface area contributed by atoms with E-state index in [0.29, 0.717) is 5.69 Å².